The van der Waals surface area contributed by atoms with Gasteiger partial charge in [0.25, 0.3) is 0 Å². The lowest BCUT2D eigenvalue weighted by Crippen LogP contribution is -2.14. The maximum atomic E-state index is 4.51. The van der Waals surface area contributed by atoms with Crippen molar-refractivity contribution >= 4 is 35.6 Å². The van der Waals surface area contributed by atoms with Crippen molar-refractivity contribution in [2.45, 2.75) is 13.0 Å². The molecule has 4 rings (SSSR count). The first-order chi connectivity index (χ1) is 10.7. The molecule has 3 aromatic heterocycles. The van der Waals surface area contributed by atoms with Crippen LogP contribution in [0.5, 0.6) is 0 Å². The summed E-state index contributed by atoms with van der Waals surface area (Å²) in [5.74, 6) is 0. The summed E-state index contributed by atoms with van der Waals surface area (Å²) in [6, 6.07) is 10.2. The summed E-state index contributed by atoms with van der Waals surface area (Å²) in [6.07, 6.45) is 3.50. The first-order valence-electron chi connectivity index (χ1n) is 7.11. The molecule has 0 bridgehead atoms. The smallest absolute Gasteiger partial charge is 0.221 e. The normalized spacial score (nSPS) is 12.8. The molecule has 1 atom stereocenters. The standard InChI is InChI=1S/C15H13BN6/c1-9(10-4-5-12-11(7-10)3-2-6-17-12)22-15-14(20-21-22)18-8-13(16)19-15/h2-9H,16H2,1H3/t9-/m0/s1. The summed E-state index contributed by atoms with van der Waals surface area (Å²) >= 11 is 0. The number of rotatable bonds is 2. The van der Waals surface area contributed by atoms with Crippen molar-refractivity contribution in [3.63, 3.8) is 0 Å². The second-order valence-electron chi connectivity index (χ2n) is 5.32. The quantitative estimate of drug-likeness (QED) is 0.506. The predicted octanol–water partition coefficient (Wildman–Crippen LogP) is 0.637. The molecule has 106 valence electrons. The Morgan fingerprint density at radius 1 is 1.18 bits per heavy atom. The summed E-state index contributed by atoms with van der Waals surface area (Å²) in [4.78, 5) is 13.1. The van der Waals surface area contributed by atoms with Crippen LogP contribution in [0, 0.1) is 0 Å². The molecule has 6 nitrogen and oxygen atoms in total. The van der Waals surface area contributed by atoms with Gasteiger partial charge >= 0.3 is 0 Å². The first-order valence-corrected chi connectivity index (χ1v) is 7.11. The lowest BCUT2D eigenvalue weighted by Gasteiger charge is -2.13. The van der Waals surface area contributed by atoms with Gasteiger partial charge in [-0.05, 0) is 30.7 Å². The molecule has 0 spiro atoms. The average molecular weight is 288 g/mol. The van der Waals surface area contributed by atoms with Crippen molar-refractivity contribution in [2.75, 3.05) is 0 Å². The minimum atomic E-state index is 0.0192. The van der Waals surface area contributed by atoms with Gasteiger partial charge in [-0.2, -0.15) is 0 Å². The van der Waals surface area contributed by atoms with E-state index in [1.165, 1.54) is 0 Å². The molecule has 0 aliphatic carbocycles. The van der Waals surface area contributed by atoms with Gasteiger partial charge in [-0.15, -0.1) is 5.10 Å². The van der Waals surface area contributed by atoms with Gasteiger partial charge in [0.1, 0.15) is 0 Å². The van der Waals surface area contributed by atoms with Crippen LogP contribution >= 0.6 is 0 Å². The lowest BCUT2D eigenvalue weighted by atomic mass is 10.1. The molecular formula is C15H13BN6. The van der Waals surface area contributed by atoms with Crippen LogP contribution in [-0.2, 0) is 0 Å². The molecule has 0 saturated heterocycles. The van der Waals surface area contributed by atoms with E-state index in [4.69, 9.17) is 0 Å². The molecule has 0 fully saturated rings. The Hall–Kier alpha value is -2.83. The van der Waals surface area contributed by atoms with Gasteiger partial charge in [-0.3, -0.25) is 4.98 Å². The highest BCUT2D eigenvalue weighted by Crippen LogP contribution is 2.23. The van der Waals surface area contributed by atoms with Gasteiger partial charge in [0.15, 0.2) is 13.5 Å². The third-order valence-corrected chi connectivity index (χ3v) is 3.79. The van der Waals surface area contributed by atoms with Crippen LogP contribution in [-0.4, -0.2) is 37.8 Å². The fourth-order valence-corrected chi connectivity index (χ4v) is 2.57. The van der Waals surface area contributed by atoms with E-state index in [9.17, 15) is 0 Å². The van der Waals surface area contributed by atoms with Crippen LogP contribution in [0.4, 0.5) is 0 Å². The number of hydrogen-bond acceptors (Lipinski definition) is 5. The summed E-state index contributed by atoms with van der Waals surface area (Å²) in [7, 11) is 1.91. The maximum absolute atomic E-state index is 4.51. The molecule has 0 aliphatic heterocycles. The molecule has 0 radical (unpaired) electrons. The average Bonchev–Trinajstić information content (AvgIpc) is 2.96. The Bertz CT molecular complexity index is 980. The lowest BCUT2D eigenvalue weighted by molar-refractivity contribution is 0.556. The van der Waals surface area contributed by atoms with E-state index in [0.29, 0.717) is 11.3 Å². The van der Waals surface area contributed by atoms with Gasteiger partial charge in [0, 0.05) is 23.4 Å². The van der Waals surface area contributed by atoms with E-state index in [0.717, 1.165) is 22.1 Å². The van der Waals surface area contributed by atoms with E-state index in [1.807, 2.05) is 24.7 Å². The number of benzene rings is 1. The second kappa shape index (κ2) is 4.87. The van der Waals surface area contributed by atoms with Crippen molar-refractivity contribution in [1.82, 2.24) is 29.9 Å². The summed E-state index contributed by atoms with van der Waals surface area (Å²) in [6.45, 7) is 2.08. The zero-order chi connectivity index (χ0) is 15.1. The largest absolute Gasteiger partial charge is 0.256 e. The molecule has 3 heterocycles. The molecular weight excluding hydrogens is 275 g/mol. The third-order valence-electron chi connectivity index (χ3n) is 3.79. The van der Waals surface area contributed by atoms with Gasteiger partial charge < -0.3 is 0 Å². The van der Waals surface area contributed by atoms with Crippen molar-refractivity contribution in [2.24, 2.45) is 0 Å². The van der Waals surface area contributed by atoms with Crippen LogP contribution in [0.15, 0.2) is 42.7 Å². The van der Waals surface area contributed by atoms with Gasteiger partial charge in [0.05, 0.1) is 11.6 Å². The molecule has 0 N–H and O–H groups in total. The van der Waals surface area contributed by atoms with Gasteiger partial charge in [-0.1, -0.05) is 17.3 Å². The number of aromatic nitrogens is 6. The zero-order valence-corrected chi connectivity index (χ0v) is 12.3. The number of fused-ring (bicyclic) bond motifs is 2. The molecule has 0 saturated carbocycles. The van der Waals surface area contributed by atoms with E-state index in [-0.39, 0.29) is 6.04 Å². The highest BCUT2D eigenvalue weighted by molar-refractivity contribution is 6.30. The minimum Gasteiger partial charge on any atom is -0.256 e. The number of pyridine rings is 1. The Kier molecular flexibility index (Phi) is 2.85. The molecule has 1 aromatic carbocycles. The fraction of sp³-hybridized carbons (Fsp3) is 0.133. The summed E-state index contributed by atoms with van der Waals surface area (Å²) < 4.78 is 1.81. The Labute approximate surface area is 127 Å². The van der Waals surface area contributed by atoms with Crippen molar-refractivity contribution in [3.05, 3.63) is 48.3 Å². The van der Waals surface area contributed by atoms with Gasteiger partial charge in [-0.25, -0.2) is 14.6 Å². The van der Waals surface area contributed by atoms with Crippen LogP contribution < -0.4 is 5.59 Å². The van der Waals surface area contributed by atoms with Crippen LogP contribution in [0.25, 0.3) is 22.2 Å². The van der Waals surface area contributed by atoms with Crippen molar-refractivity contribution in [1.29, 1.82) is 0 Å². The van der Waals surface area contributed by atoms with Crippen LogP contribution in [0.1, 0.15) is 18.5 Å². The molecule has 0 amide bonds. The zero-order valence-electron chi connectivity index (χ0n) is 12.3. The molecule has 7 heteroatoms. The van der Waals surface area contributed by atoms with Gasteiger partial charge in [0.2, 0.25) is 5.65 Å². The molecule has 22 heavy (non-hydrogen) atoms. The topological polar surface area (TPSA) is 69.4 Å². The monoisotopic (exact) mass is 288 g/mol. The van der Waals surface area contributed by atoms with E-state index >= 15 is 0 Å². The minimum absolute atomic E-state index is 0.0192. The SMILES string of the molecule is Bc1cnc2nnn([C@@H](C)c3ccc4ncccc4c3)c2n1. The van der Waals surface area contributed by atoms with Crippen molar-refractivity contribution < 1.29 is 0 Å². The Morgan fingerprint density at radius 3 is 3.00 bits per heavy atom. The highest BCUT2D eigenvalue weighted by Gasteiger charge is 2.15. The van der Waals surface area contributed by atoms with Crippen molar-refractivity contribution in [3.8, 4) is 0 Å². The summed E-state index contributed by atoms with van der Waals surface area (Å²) in [5.41, 5.74) is 4.25. The number of hydrogen-bond donors (Lipinski definition) is 0. The first kappa shape index (κ1) is 12.9. The molecule has 4 aromatic rings. The predicted molar refractivity (Wildman–Crippen MR) is 86.9 cm³/mol. The van der Waals surface area contributed by atoms with E-state index in [1.54, 1.807) is 12.4 Å². The number of nitrogens with zero attached hydrogens (tertiary/aromatic N) is 6. The second-order valence-corrected chi connectivity index (χ2v) is 5.32. The maximum Gasteiger partial charge on any atom is 0.221 e. The van der Waals surface area contributed by atoms with E-state index in [2.05, 4.69) is 50.4 Å². The Morgan fingerprint density at radius 2 is 2.09 bits per heavy atom. The van der Waals surface area contributed by atoms with Crippen LogP contribution in [0.2, 0.25) is 0 Å². The highest BCUT2D eigenvalue weighted by atomic mass is 15.5. The van der Waals surface area contributed by atoms with Crippen LogP contribution in [0.3, 0.4) is 0 Å². The fourth-order valence-electron chi connectivity index (χ4n) is 2.57. The third kappa shape index (κ3) is 2.02. The summed E-state index contributed by atoms with van der Waals surface area (Å²) in [5, 5.41) is 9.42. The molecule has 0 aliphatic rings. The molecule has 0 unspecified atom stereocenters. The van der Waals surface area contributed by atoms with E-state index < -0.39 is 0 Å². The Balaban J connectivity index is 1.84.